The first-order valence-electron chi connectivity index (χ1n) is 7.52. The Morgan fingerprint density at radius 1 is 1.18 bits per heavy atom. The number of fused-ring (bicyclic) bond motifs is 2. The maximum absolute atomic E-state index is 12.4. The first kappa shape index (κ1) is 14.6. The molecule has 5 heteroatoms. The molecule has 2 heterocycles. The molecule has 0 saturated carbocycles. The fourth-order valence-electron chi connectivity index (χ4n) is 2.69. The zero-order chi connectivity index (χ0) is 15.7. The molecule has 0 N–H and O–H groups in total. The van der Waals surface area contributed by atoms with Crippen LogP contribution in [-0.2, 0) is 6.54 Å². The minimum Gasteiger partial charge on any atom is -0.490 e. The third kappa shape index (κ3) is 2.58. The molecule has 2 aromatic rings. The Hall–Kier alpha value is -2.30. The molecular formula is C17H19NO4. The summed E-state index contributed by atoms with van der Waals surface area (Å²) in [6, 6.07) is 5.31. The monoisotopic (exact) mass is 301 g/mol. The highest BCUT2D eigenvalue weighted by atomic mass is 16.5. The highest BCUT2D eigenvalue weighted by molar-refractivity contribution is 5.88. The van der Waals surface area contributed by atoms with Gasteiger partial charge >= 0.3 is 0 Å². The lowest BCUT2D eigenvalue weighted by atomic mass is 10.1. The van der Waals surface area contributed by atoms with Crippen molar-refractivity contribution in [2.75, 3.05) is 13.2 Å². The van der Waals surface area contributed by atoms with Crippen molar-refractivity contribution in [2.24, 2.45) is 5.92 Å². The van der Waals surface area contributed by atoms with E-state index in [1.165, 1.54) is 0 Å². The van der Waals surface area contributed by atoms with Gasteiger partial charge in [0.25, 0.3) is 5.56 Å². The van der Waals surface area contributed by atoms with Crippen molar-refractivity contribution in [3.05, 3.63) is 34.1 Å². The number of hydrogen-bond acceptors (Lipinski definition) is 4. The van der Waals surface area contributed by atoms with Crippen molar-refractivity contribution in [1.29, 1.82) is 0 Å². The predicted molar refractivity (Wildman–Crippen MR) is 84.0 cm³/mol. The van der Waals surface area contributed by atoms with Crippen molar-refractivity contribution in [3.8, 4) is 11.5 Å². The molecule has 0 amide bonds. The SMILES string of the molecule is CC(C)Cn1c(=O)c(C=O)cc2cc3c(cc21)OCCCO3. The van der Waals surface area contributed by atoms with Crippen molar-refractivity contribution in [1.82, 2.24) is 4.57 Å². The predicted octanol–water partition coefficient (Wildman–Crippen LogP) is 2.63. The molecular weight excluding hydrogens is 282 g/mol. The van der Waals surface area contributed by atoms with Crippen LogP contribution in [0.3, 0.4) is 0 Å². The van der Waals surface area contributed by atoms with Crippen LogP contribution in [0.15, 0.2) is 23.0 Å². The van der Waals surface area contributed by atoms with Crippen LogP contribution in [0.25, 0.3) is 10.9 Å². The smallest absolute Gasteiger partial charge is 0.261 e. The molecule has 1 aromatic heterocycles. The summed E-state index contributed by atoms with van der Waals surface area (Å²) in [5.41, 5.74) is 0.682. The van der Waals surface area contributed by atoms with Crippen LogP contribution in [0.1, 0.15) is 30.6 Å². The number of nitrogens with zero attached hydrogens (tertiary/aromatic N) is 1. The summed E-state index contributed by atoms with van der Waals surface area (Å²) in [6.45, 7) is 5.82. The molecule has 0 fully saturated rings. The summed E-state index contributed by atoms with van der Waals surface area (Å²) in [6.07, 6.45) is 1.44. The number of hydrogen-bond donors (Lipinski definition) is 0. The highest BCUT2D eigenvalue weighted by Crippen LogP contribution is 2.34. The molecule has 22 heavy (non-hydrogen) atoms. The number of aldehydes is 1. The van der Waals surface area contributed by atoms with Crippen LogP contribution in [-0.4, -0.2) is 24.1 Å². The molecule has 0 radical (unpaired) electrons. The molecule has 0 aliphatic carbocycles. The van der Waals surface area contributed by atoms with E-state index in [2.05, 4.69) is 0 Å². The lowest BCUT2D eigenvalue weighted by Gasteiger charge is -2.16. The van der Waals surface area contributed by atoms with Crippen LogP contribution < -0.4 is 15.0 Å². The summed E-state index contributed by atoms with van der Waals surface area (Å²) in [5.74, 6) is 1.61. The molecule has 0 bridgehead atoms. The summed E-state index contributed by atoms with van der Waals surface area (Å²) in [7, 11) is 0. The van der Waals surface area contributed by atoms with E-state index in [0.29, 0.717) is 43.5 Å². The van der Waals surface area contributed by atoms with Crippen molar-refractivity contribution in [2.45, 2.75) is 26.8 Å². The summed E-state index contributed by atoms with van der Waals surface area (Å²) in [4.78, 5) is 23.6. The van der Waals surface area contributed by atoms with E-state index in [1.807, 2.05) is 26.0 Å². The Morgan fingerprint density at radius 3 is 2.50 bits per heavy atom. The maximum atomic E-state index is 12.4. The van der Waals surface area contributed by atoms with Gasteiger partial charge in [0.1, 0.15) is 0 Å². The molecule has 5 nitrogen and oxygen atoms in total. The quantitative estimate of drug-likeness (QED) is 0.818. The second-order valence-electron chi connectivity index (χ2n) is 5.94. The average Bonchev–Trinajstić information content (AvgIpc) is 2.72. The van der Waals surface area contributed by atoms with Gasteiger partial charge in [0.15, 0.2) is 17.8 Å². The van der Waals surface area contributed by atoms with Crippen LogP contribution >= 0.6 is 0 Å². The fourth-order valence-corrected chi connectivity index (χ4v) is 2.69. The Bertz CT molecular complexity index is 776. The minimum absolute atomic E-state index is 0.169. The fraction of sp³-hybridized carbons (Fsp3) is 0.412. The van der Waals surface area contributed by atoms with E-state index < -0.39 is 0 Å². The Morgan fingerprint density at radius 2 is 1.86 bits per heavy atom. The van der Waals surface area contributed by atoms with Crippen LogP contribution in [0, 0.1) is 5.92 Å². The summed E-state index contributed by atoms with van der Waals surface area (Å²) < 4.78 is 13.0. The molecule has 3 rings (SSSR count). The number of ether oxygens (including phenoxy) is 2. The molecule has 0 spiro atoms. The van der Waals surface area contributed by atoms with Gasteiger partial charge in [0.2, 0.25) is 0 Å². The largest absolute Gasteiger partial charge is 0.490 e. The van der Waals surface area contributed by atoms with E-state index in [-0.39, 0.29) is 11.1 Å². The lowest BCUT2D eigenvalue weighted by molar-refractivity contribution is 0.112. The summed E-state index contributed by atoms with van der Waals surface area (Å²) in [5, 5.41) is 0.812. The Balaban J connectivity index is 2.29. The normalized spacial score (nSPS) is 14.1. The van der Waals surface area contributed by atoms with Crippen molar-refractivity contribution < 1.29 is 14.3 Å². The minimum atomic E-state index is -0.259. The number of pyridine rings is 1. The lowest BCUT2D eigenvalue weighted by Crippen LogP contribution is -2.25. The molecule has 116 valence electrons. The average molecular weight is 301 g/mol. The molecule has 0 unspecified atom stereocenters. The molecule has 1 aliphatic heterocycles. The Kier molecular flexibility index (Phi) is 3.88. The third-order valence-corrected chi connectivity index (χ3v) is 3.67. The first-order valence-corrected chi connectivity index (χ1v) is 7.52. The van der Waals surface area contributed by atoms with Crippen LogP contribution in [0.4, 0.5) is 0 Å². The number of carbonyl (C=O) groups is 1. The third-order valence-electron chi connectivity index (χ3n) is 3.67. The van der Waals surface area contributed by atoms with Crippen LogP contribution in [0.2, 0.25) is 0 Å². The maximum Gasteiger partial charge on any atom is 0.261 e. The van der Waals surface area contributed by atoms with Gasteiger partial charge in [0, 0.05) is 24.4 Å². The zero-order valence-corrected chi connectivity index (χ0v) is 12.8. The number of rotatable bonds is 3. The number of carbonyl (C=O) groups excluding carboxylic acids is 1. The van der Waals surface area contributed by atoms with E-state index in [4.69, 9.17) is 9.47 Å². The first-order chi connectivity index (χ1) is 10.6. The topological polar surface area (TPSA) is 57.5 Å². The van der Waals surface area contributed by atoms with Crippen molar-refractivity contribution in [3.63, 3.8) is 0 Å². The van der Waals surface area contributed by atoms with Gasteiger partial charge in [-0.15, -0.1) is 0 Å². The van der Waals surface area contributed by atoms with Gasteiger partial charge in [0.05, 0.1) is 24.3 Å². The van der Waals surface area contributed by atoms with E-state index in [0.717, 1.165) is 17.3 Å². The molecule has 1 aromatic carbocycles. The van der Waals surface area contributed by atoms with Crippen molar-refractivity contribution >= 4 is 17.2 Å². The van der Waals surface area contributed by atoms with Gasteiger partial charge in [-0.2, -0.15) is 0 Å². The van der Waals surface area contributed by atoms with Gasteiger partial charge in [-0.3, -0.25) is 9.59 Å². The standard InChI is InChI=1S/C17H19NO4/c1-11(2)9-18-14-8-16-15(21-4-3-5-22-16)7-12(14)6-13(10-19)17(18)20/h6-8,10-11H,3-5,9H2,1-2H3. The van der Waals surface area contributed by atoms with Gasteiger partial charge < -0.3 is 14.0 Å². The van der Waals surface area contributed by atoms with E-state index >= 15 is 0 Å². The highest BCUT2D eigenvalue weighted by Gasteiger charge is 2.16. The summed E-state index contributed by atoms with van der Waals surface area (Å²) >= 11 is 0. The molecule has 1 aliphatic rings. The van der Waals surface area contributed by atoms with E-state index in [1.54, 1.807) is 10.6 Å². The van der Waals surface area contributed by atoms with E-state index in [9.17, 15) is 9.59 Å². The van der Waals surface area contributed by atoms with Gasteiger partial charge in [-0.25, -0.2) is 0 Å². The zero-order valence-electron chi connectivity index (χ0n) is 12.8. The van der Waals surface area contributed by atoms with Gasteiger partial charge in [-0.1, -0.05) is 13.8 Å². The molecule has 0 saturated heterocycles. The number of benzene rings is 1. The molecule has 0 atom stereocenters. The second kappa shape index (κ2) is 5.83. The number of aromatic nitrogens is 1. The second-order valence-corrected chi connectivity index (χ2v) is 5.94. The Labute approximate surface area is 128 Å². The van der Waals surface area contributed by atoms with Gasteiger partial charge in [-0.05, 0) is 18.1 Å². The van der Waals surface area contributed by atoms with Crippen LogP contribution in [0.5, 0.6) is 11.5 Å².